The number of sulfonamides is 1. The Hall–Kier alpha value is -2.51. The number of rotatable bonds is 4. The van der Waals surface area contributed by atoms with Crippen molar-refractivity contribution in [3.63, 3.8) is 0 Å². The van der Waals surface area contributed by atoms with E-state index in [2.05, 4.69) is 14.7 Å². The van der Waals surface area contributed by atoms with E-state index >= 15 is 0 Å². The SMILES string of the molecule is N#Cc1c[nH]c2c(NS(=O)(=O)c3cnc(C(F)F)s3)cccc12. The molecular formula is C13H8F2N4O2S2. The molecule has 6 nitrogen and oxygen atoms in total. The van der Waals surface area contributed by atoms with Gasteiger partial charge in [0.15, 0.2) is 9.22 Å². The first-order valence-electron chi connectivity index (χ1n) is 6.19. The van der Waals surface area contributed by atoms with Crippen LogP contribution in [0.1, 0.15) is 17.0 Å². The number of nitrogens with zero attached hydrogens (tertiary/aromatic N) is 2. The lowest BCUT2D eigenvalue weighted by molar-refractivity contribution is 0.151. The highest BCUT2D eigenvalue weighted by atomic mass is 32.2. The Kier molecular flexibility index (Phi) is 3.75. The standard InChI is InChI=1S/C13H8F2N4O2S2/c14-12(15)13-18-6-10(22-13)23(20,21)19-9-3-1-2-8-7(4-16)5-17-11(8)9/h1-3,5-6,12,17,19H. The fourth-order valence-electron chi connectivity index (χ4n) is 2.02. The number of alkyl halides is 2. The average Bonchev–Trinajstić information content (AvgIpc) is 3.14. The lowest BCUT2D eigenvalue weighted by atomic mass is 10.2. The first-order chi connectivity index (χ1) is 10.9. The molecule has 3 aromatic rings. The largest absolute Gasteiger partial charge is 0.358 e. The maximum atomic E-state index is 12.5. The minimum atomic E-state index is -4.05. The average molecular weight is 354 g/mol. The number of para-hydroxylation sites is 1. The Morgan fingerprint density at radius 3 is 2.83 bits per heavy atom. The van der Waals surface area contributed by atoms with Crippen molar-refractivity contribution in [3.8, 4) is 6.07 Å². The van der Waals surface area contributed by atoms with Crippen LogP contribution in [-0.4, -0.2) is 18.4 Å². The molecule has 1 aromatic carbocycles. The molecular weight excluding hydrogens is 346 g/mol. The van der Waals surface area contributed by atoms with Crippen molar-refractivity contribution < 1.29 is 17.2 Å². The number of nitriles is 1. The van der Waals surface area contributed by atoms with E-state index in [0.29, 0.717) is 27.8 Å². The van der Waals surface area contributed by atoms with Gasteiger partial charge < -0.3 is 4.98 Å². The maximum absolute atomic E-state index is 12.5. The van der Waals surface area contributed by atoms with Gasteiger partial charge in [0.25, 0.3) is 16.4 Å². The number of benzene rings is 1. The summed E-state index contributed by atoms with van der Waals surface area (Å²) in [4.78, 5) is 6.23. The van der Waals surface area contributed by atoms with E-state index in [9.17, 15) is 17.2 Å². The first kappa shape index (κ1) is 15.4. The van der Waals surface area contributed by atoms with Gasteiger partial charge in [0, 0.05) is 11.6 Å². The van der Waals surface area contributed by atoms with Gasteiger partial charge in [-0.2, -0.15) is 5.26 Å². The third-order valence-electron chi connectivity index (χ3n) is 3.03. The quantitative estimate of drug-likeness (QED) is 0.751. The van der Waals surface area contributed by atoms with Crippen LogP contribution in [0.2, 0.25) is 0 Å². The summed E-state index contributed by atoms with van der Waals surface area (Å²) in [6.45, 7) is 0. The van der Waals surface area contributed by atoms with Crippen LogP contribution in [0.15, 0.2) is 34.8 Å². The van der Waals surface area contributed by atoms with Gasteiger partial charge in [-0.3, -0.25) is 4.72 Å². The van der Waals surface area contributed by atoms with E-state index < -0.39 is 21.5 Å². The van der Waals surface area contributed by atoms with E-state index in [4.69, 9.17) is 5.26 Å². The van der Waals surface area contributed by atoms with Crippen LogP contribution in [0.25, 0.3) is 10.9 Å². The predicted molar refractivity (Wildman–Crippen MR) is 80.9 cm³/mol. The lowest BCUT2D eigenvalue weighted by Crippen LogP contribution is -2.11. The topological polar surface area (TPSA) is 98.6 Å². The minimum absolute atomic E-state index is 0.219. The fourth-order valence-corrected chi connectivity index (χ4v) is 4.10. The van der Waals surface area contributed by atoms with Crippen molar-refractivity contribution in [1.82, 2.24) is 9.97 Å². The van der Waals surface area contributed by atoms with Gasteiger partial charge in [-0.05, 0) is 6.07 Å². The molecule has 3 rings (SSSR count). The minimum Gasteiger partial charge on any atom is -0.358 e. The Bertz CT molecular complexity index is 1020. The summed E-state index contributed by atoms with van der Waals surface area (Å²) in [6.07, 6.45) is -0.470. The molecule has 0 bridgehead atoms. The molecule has 0 amide bonds. The first-order valence-corrected chi connectivity index (χ1v) is 8.49. The van der Waals surface area contributed by atoms with Crippen molar-refractivity contribution in [2.45, 2.75) is 10.6 Å². The molecule has 2 aromatic heterocycles. The maximum Gasteiger partial charge on any atom is 0.289 e. The van der Waals surface area contributed by atoms with Crippen LogP contribution in [-0.2, 0) is 10.0 Å². The number of aromatic nitrogens is 2. The van der Waals surface area contributed by atoms with E-state index in [0.717, 1.165) is 6.20 Å². The van der Waals surface area contributed by atoms with Crippen LogP contribution < -0.4 is 4.72 Å². The molecule has 2 N–H and O–H groups in total. The Morgan fingerprint density at radius 2 is 2.17 bits per heavy atom. The van der Waals surface area contributed by atoms with Gasteiger partial charge in [-0.25, -0.2) is 22.2 Å². The van der Waals surface area contributed by atoms with E-state index in [1.807, 2.05) is 6.07 Å². The number of hydrogen-bond acceptors (Lipinski definition) is 5. The van der Waals surface area contributed by atoms with Crippen molar-refractivity contribution in [2.75, 3.05) is 4.72 Å². The van der Waals surface area contributed by atoms with Crippen molar-refractivity contribution in [1.29, 1.82) is 5.26 Å². The summed E-state index contributed by atoms with van der Waals surface area (Å²) in [5.41, 5.74) is 1.03. The van der Waals surface area contributed by atoms with Gasteiger partial charge in [-0.15, -0.1) is 0 Å². The Morgan fingerprint density at radius 1 is 1.39 bits per heavy atom. The molecule has 0 aliphatic carbocycles. The highest BCUT2D eigenvalue weighted by Crippen LogP contribution is 2.30. The second-order valence-electron chi connectivity index (χ2n) is 4.47. The second-order valence-corrected chi connectivity index (χ2v) is 7.44. The molecule has 0 unspecified atom stereocenters. The highest BCUT2D eigenvalue weighted by Gasteiger charge is 2.22. The van der Waals surface area contributed by atoms with Gasteiger partial charge in [0.2, 0.25) is 0 Å². The number of aromatic amines is 1. The monoisotopic (exact) mass is 354 g/mol. The van der Waals surface area contributed by atoms with Crippen LogP contribution in [0.3, 0.4) is 0 Å². The van der Waals surface area contributed by atoms with Gasteiger partial charge in [-0.1, -0.05) is 23.5 Å². The van der Waals surface area contributed by atoms with Crippen LogP contribution >= 0.6 is 11.3 Å². The normalized spacial score (nSPS) is 11.7. The number of H-pyrrole nitrogens is 1. The zero-order valence-corrected chi connectivity index (χ0v) is 12.9. The van der Waals surface area contributed by atoms with Crippen LogP contribution in [0.4, 0.5) is 14.5 Å². The highest BCUT2D eigenvalue weighted by molar-refractivity contribution is 7.94. The third kappa shape index (κ3) is 2.76. The number of halogens is 2. The van der Waals surface area contributed by atoms with Gasteiger partial charge >= 0.3 is 0 Å². The van der Waals surface area contributed by atoms with Gasteiger partial charge in [0.1, 0.15) is 6.07 Å². The number of fused-ring (bicyclic) bond motifs is 1. The molecule has 23 heavy (non-hydrogen) atoms. The van der Waals surface area contributed by atoms with Crippen LogP contribution in [0, 0.1) is 11.3 Å². The van der Waals surface area contributed by atoms with Crippen molar-refractivity contribution >= 4 is 38.0 Å². The van der Waals surface area contributed by atoms with E-state index in [-0.39, 0.29) is 9.90 Å². The Balaban J connectivity index is 2.00. The molecule has 10 heteroatoms. The molecule has 0 saturated heterocycles. The number of nitrogens with one attached hydrogen (secondary N) is 2. The molecule has 0 fully saturated rings. The second kappa shape index (κ2) is 5.60. The fraction of sp³-hybridized carbons (Fsp3) is 0.0769. The number of anilines is 1. The lowest BCUT2D eigenvalue weighted by Gasteiger charge is -2.07. The number of hydrogen-bond donors (Lipinski definition) is 2. The summed E-state index contributed by atoms with van der Waals surface area (Å²) in [7, 11) is -4.05. The summed E-state index contributed by atoms with van der Waals surface area (Å²) in [5.74, 6) is 0. The molecule has 0 radical (unpaired) electrons. The molecule has 0 aliphatic rings. The third-order valence-corrected chi connectivity index (χ3v) is 5.87. The smallest absolute Gasteiger partial charge is 0.289 e. The summed E-state index contributed by atoms with van der Waals surface area (Å²) in [6, 6.07) is 6.75. The molecule has 118 valence electrons. The Labute approximate surface area is 133 Å². The summed E-state index contributed by atoms with van der Waals surface area (Å²) in [5, 5.41) is 8.99. The van der Waals surface area contributed by atoms with Crippen molar-refractivity contribution in [2.24, 2.45) is 0 Å². The summed E-state index contributed by atoms with van der Waals surface area (Å²) < 4.78 is 51.7. The summed E-state index contributed by atoms with van der Waals surface area (Å²) >= 11 is 0.408. The number of thiazole rings is 1. The van der Waals surface area contributed by atoms with Crippen LogP contribution in [0.5, 0.6) is 0 Å². The van der Waals surface area contributed by atoms with E-state index in [1.165, 1.54) is 12.3 Å². The molecule has 0 spiro atoms. The zero-order chi connectivity index (χ0) is 16.6. The molecule has 2 heterocycles. The van der Waals surface area contributed by atoms with E-state index in [1.54, 1.807) is 12.1 Å². The molecule has 0 aliphatic heterocycles. The van der Waals surface area contributed by atoms with Gasteiger partial charge in [0.05, 0.1) is 23.0 Å². The molecule has 0 atom stereocenters. The van der Waals surface area contributed by atoms with Crippen molar-refractivity contribution in [3.05, 3.63) is 41.2 Å². The molecule has 0 saturated carbocycles. The predicted octanol–water partition coefficient (Wildman–Crippen LogP) is 3.23. The zero-order valence-electron chi connectivity index (χ0n) is 11.2.